The molecule has 0 saturated heterocycles. The summed E-state index contributed by atoms with van der Waals surface area (Å²) in [6.07, 6.45) is 0. The van der Waals surface area contributed by atoms with E-state index in [1.165, 1.54) is 7.11 Å². The molecule has 1 unspecified atom stereocenters. The van der Waals surface area contributed by atoms with Gasteiger partial charge in [-0.15, -0.1) is 0 Å². The Hall–Kier alpha value is -1.80. The van der Waals surface area contributed by atoms with Crippen LogP contribution >= 0.6 is 0 Å². The Kier molecular flexibility index (Phi) is 8.18. The third-order valence-corrected chi connectivity index (χ3v) is 5.23. The van der Waals surface area contributed by atoms with E-state index in [2.05, 4.69) is 5.32 Å². The summed E-state index contributed by atoms with van der Waals surface area (Å²) in [7, 11) is -1.93. The van der Waals surface area contributed by atoms with Gasteiger partial charge in [-0.05, 0) is 30.5 Å². The summed E-state index contributed by atoms with van der Waals surface area (Å²) >= 11 is 0. The van der Waals surface area contributed by atoms with E-state index in [1.54, 1.807) is 39.0 Å². The largest absolute Gasteiger partial charge is 0.493 e. The second kappa shape index (κ2) is 9.62. The van der Waals surface area contributed by atoms with Crippen molar-refractivity contribution < 1.29 is 27.8 Å². The molecule has 7 nitrogen and oxygen atoms in total. The molecule has 0 radical (unpaired) electrons. The van der Waals surface area contributed by atoms with Gasteiger partial charge in [0.05, 0.1) is 25.5 Å². The number of aliphatic hydroxyl groups is 1. The predicted octanol–water partition coefficient (Wildman–Crippen LogP) is 1.31. The number of carbonyl (C=O) groups excluding carboxylic acids is 1. The number of benzene rings is 1. The third-order valence-electron chi connectivity index (χ3n) is 3.35. The molecule has 1 amide bonds. The predicted molar refractivity (Wildman–Crippen MR) is 95.6 cm³/mol. The molecule has 25 heavy (non-hydrogen) atoms. The lowest BCUT2D eigenvalue weighted by Gasteiger charge is -2.17. The second-order valence-corrected chi connectivity index (χ2v) is 8.33. The summed E-state index contributed by atoms with van der Waals surface area (Å²) in [4.78, 5) is 12.0. The molecule has 0 fully saturated rings. The maximum absolute atomic E-state index is 12.0. The summed E-state index contributed by atoms with van der Waals surface area (Å²) in [6.45, 7) is 5.39. The van der Waals surface area contributed by atoms with Crippen molar-refractivity contribution in [3.8, 4) is 11.5 Å². The number of methoxy groups -OCH3 is 1. The minimum Gasteiger partial charge on any atom is -0.493 e. The van der Waals surface area contributed by atoms with Crippen molar-refractivity contribution >= 4 is 15.7 Å². The molecular weight excluding hydrogens is 346 g/mol. The molecule has 8 heteroatoms. The number of hydrogen-bond acceptors (Lipinski definition) is 6. The number of ether oxygens (including phenoxy) is 2. The molecule has 1 atom stereocenters. The SMILES string of the molecule is COc1cc(C(C)NC(=O)CS(=O)(=O)CC(C)C)ccc1OCCO. The first-order chi connectivity index (χ1) is 11.7. The summed E-state index contributed by atoms with van der Waals surface area (Å²) in [5, 5.41) is 11.5. The van der Waals surface area contributed by atoms with Gasteiger partial charge in [-0.3, -0.25) is 4.79 Å². The topological polar surface area (TPSA) is 102 Å². The molecule has 0 bridgehead atoms. The van der Waals surface area contributed by atoms with E-state index in [4.69, 9.17) is 14.6 Å². The maximum Gasteiger partial charge on any atom is 0.235 e. The Labute approximate surface area is 149 Å². The van der Waals surface area contributed by atoms with Crippen molar-refractivity contribution in [2.45, 2.75) is 26.8 Å². The van der Waals surface area contributed by atoms with E-state index >= 15 is 0 Å². The highest BCUT2D eigenvalue weighted by Crippen LogP contribution is 2.30. The van der Waals surface area contributed by atoms with Crippen LogP contribution in [0.2, 0.25) is 0 Å². The van der Waals surface area contributed by atoms with Crippen LogP contribution in [0.15, 0.2) is 18.2 Å². The first kappa shape index (κ1) is 21.2. The summed E-state index contributed by atoms with van der Waals surface area (Å²) in [5.41, 5.74) is 0.753. The molecule has 142 valence electrons. The van der Waals surface area contributed by atoms with Crippen LogP contribution in [-0.2, 0) is 14.6 Å². The van der Waals surface area contributed by atoms with Crippen LogP contribution in [0.4, 0.5) is 0 Å². The van der Waals surface area contributed by atoms with Gasteiger partial charge in [0.15, 0.2) is 21.3 Å². The van der Waals surface area contributed by atoms with E-state index in [0.717, 1.165) is 5.56 Å². The third kappa shape index (κ3) is 7.31. The van der Waals surface area contributed by atoms with Crippen LogP contribution in [0.3, 0.4) is 0 Å². The Morgan fingerprint density at radius 3 is 2.48 bits per heavy atom. The standard InChI is InChI=1S/C17H27NO6S/c1-12(2)10-25(21,22)11-17(20)18-13(3)14-5-6-15(24-8-7-19)16(9-14)23-4/h5-6,9,12-13,19H,7-8,10-11H2,1-4H3,(H,18,20). The van der Waals surface area contributed by atoms with Crippen molar-refractivity contribution in [1.29, 1.82) is 0 Å². The number of hydrogen-bond donors (Lipinski definition) is 2. The lowest BCUT2D eigenvalue weighted by atomic mass is 10.1. The van der Waals surface area contributed by atoms with Crippen molar-refractivity contribution in [2.75, 3.05) is 31.8 Å². The Bertz CT molecular complexity index is 672. The van der Waals surface area contributed by atoms with Crippen LogP contribution in [0.1, 0.15) is 32.4 Å². The van der Waals surface area contributed by atoms with Gasteiger partial charge in [0, 0.05) is 0 Å². The molecule has 0 aromatic heterocycles. The normalized spacial score (nSPS) is 12.7. The number of amides is 1. The summed E-state index contributed by atoms with van der Waals surface area (Å²) in [5.74, 6) is -0.138. The zero-order valence-electron chi connectivity index (χ0n) is 15.1. The highest BCUT2D eigenvalue weighted by molar-refractivity contribution is 7.92. The first-order valence-electron chi connectivity index (χ1n) is 8.10. The number of rotatable bonds is 10. The number of nitrogens with one attached hydrogen (secondary N) is 1. The fourth-order valence-corrected chi connectivity index (χ4v) is 3.98. The van der Waals surface area contributed by atoms with Gasteiger partial charge >= 0.3 is 0 Å². The quantitative estimate of drug-likeness (QED) is 0.641. The number of sulfone groups is 1. The minimum absolute atomic E-state index is 0.0144. The Balaban J connectivity index is 2.76. The Morgan fingerprint density at radius 2 is 1.92 bits per heavy atom. The molecular formula is C17H27NO6S. The van der Waals surface area contributed by atoms with Crippen LogP contribution in [0, 0.1) is 5.92 Å². The van der Waals surface area contributed by atoms with Gasteiger partial charge in [-0.1, -0.05) is 19.9 Å². The highest BCUT2D eigenvalue weighted by Gasteiger charge is 2.20. The van der Waals surface area contributed by atoms with E-state index < -0.39 is 21.5 Å². The average Bonchev–Trinajstić information content (AvgIpc) is 2.50. The molecule has 0 saturated carbocycles. The van der Waals surface area contributed by atoms with Crippen LogP contribution in [0.5, 0.6) is 11.5 Å². The molecule has 1 aromatic carbocycles. The van der Waals surface area contributed by atoms with Crippen molar-refractivity contribution in [3.63, 3.8) is 0 Å². The van der Waals surface area contributed by atoms with Crippen molar-refractivity contribution in [3.05, 3.63) is 23.8 Å². The fraction of sp³-hybridized carbons (Fsp3) is 0.588. The molecule has 2 N–H and O–H groups in total. The molecule has 1 rings (SSSR count). The molecule has 0 spiro atoms. The summed E-state index contributed by atoms with van der Waals surface area (Å²) < 4.78 is 34.4. The molecule has 0 aliphatic rings. The highest BCUT2D eigenvalue weighted by atomic mass is 32.2. The zero-order valence-corrected chi connectivity index (χ0v) is 15.9. The molecule has 0 aliphatic carbocycles. The molecule has 0 heterocycles. The monoisotopic (exact) mass is 373 g/mol. The molecule has 0 aliphatic heterocycles. The van der Waals surface area contributed by atoms with Crippen molar-refractivity contribution in [1.82, 2.24) is 5.32 Å². The zero-order chi connectivity index (χ0) is 19.0. The fourth-order valence-electron chi connectivity index (χ4n) is 2.36. The lowest BCUT2D eigenvalue weighted by molar-refractivity contribution is -0.119. The average molecular weight is 373 g/mol. The number of aliphatic hydroxyl groups excluding tert-OH is 1. The van der Waals surface area contributed by atoms with Gasteiger partial charge in [0.1, 0.15) is 12.4 Å². The van der Waals surface area contributed by atoms with E-state index in [9.17, 15) is 13.2 Å². The van der Waals surface area contributed by atoms with Crippen LogP contribution < -0.4 is 14.8 Å². The van der Waals surface area contributed by atoms with Gasteiger partial charge in [-0.2, -0.15) is 0 Å². The first-order valence-corrected chi connectivity index (χ1v) is 9.92. The van der Waals surface area contributed by atoms with E-state index in [0.29, 0.717) is 11.5 Å². The smallest absolute Gasteiger partial charge is 0.235 e. The van der Waals surface area contributed by atoms with Gasteiger partial charge in [-0.25, -0.2) is 8.42 Å². The van der Waals surface area contributed by atoms with Gasteiger partial charge in [0.25, 0.3) is 0 Å². The van der Waals surface area contributed by atoms with Crippen molar-refractivity contribution in [2.24, 2.45) is 5.92 Å². The van der Waals surface area contributed by atoms with Gasteiger partial charge < -0.3 is 19.9 Å². The maximum atomic E-state index is 12.0. The minimum atomic E-state index is -3.42. The van der Waals surface area contributed by atoms with Gasteiger partial charge in [0.2, 0.25) is 5.91 Å². The summed E-state index contributed by atoms with van der Waals surface area (Å²) in [6, 6.07) is 4.76. The van der Waals surface area contributed by atoms with E-state index in [1.807, 2.05) is 0 Å². The van der Waals surface area contributed by atoms with Crippen LogP contribution in [-0.4, -0.2) is 51.3 Å². The second-order valence-electron chi connectivity index (χ2n) is 6.22. The van der Waals surface area contributed by atoms with E-state index in [-0.39, 0.29) is 30.9 Å². The van der Waals surface area contributed by atoms with Crippen LogP contribution in [0.25, 0.3) is 0 Å². The molecule has 1 aromatic rings. The lowest BCUT2D eigenvalue weighted by Crippen LogP contribution is -2.33. The Morgan fingerprint density at radius 1 is 1.24 bits per heavy atom. The number of carbonyl (C=O) groups is 1.